The van der Waals surface area contributed by atoms with Crippen LogP contribution in [0.3, 0.4) is 0 Å². The Morgan fingerprint density at radius 3 is 0.758 bits per heavy atom. The first kappa shape index (κ1) is 43.7. The third-order valence-electron chi connectivity index (χ3n) is 12.4. The van der Waals surface area contributed by atoms with Gasteiger partial charge in [0.2, 0.25) is 0 Å². The molecular formula is C62H54O4. The Bertz CT molecular complexity index is 2860. The molecule has 0 spiro atoms. The van der Waals surface area contributed by atoms with Gasteiger partial charge >= 0.3 is 0 Å². The summed E-state index contributed by atoms with van der Waals surface area (Å²) in [5, 5.41) is 20.9. The predicted molar refractivity (Wildman–Crippen MR) is 274 cm³/mol. The fraction of sp³-hybridized carbons (Fsp3) is 0.129. The van der Waals surface area contributed by atoms with Crippen molar-refractivity contribution >= 4 is 0 Å². The smallest absolute Gasteiger partial charge is 0.119 e. The van der Waals surface area contributed by atoms with Gasteiger partial charge in [0.15, 0.2) is 0 Å². The molecule has 9 rings (SSSR count). The molecule has 0 fully saturated rings. The minimum atomic E-state index is -0.567. The van der Waals surface area contributed by atoms with Crippen LogP contribution in [0.1, 0.15) is 51.0 Å². The van der Waals surface area contributed by atoms with Crippen LogP contribution in [-0.4, -0.2) is 23.4 Å². The average Bonchev–Trinajstić information content (AvgIpc) is 3.37. The van der Waals surface area contributed by atoms with E-state index in [2.05, 4.69) is 182 Å². The van der Waals surface area contributed by atoms with Gasteiger partial charge in [-0.3, -0.25) is 0 Å². The van der Waals surface area contributed by atoms with Crippen LogP contribution in [0.15, 0.2) is 206 Å². The summed E-state index contributed by atoms with van der Waals surface area (Å²) in [5.74, 6) is 1.68. The van der Waals surface area contributed by atoms with E-state index in [1.807, 2.05) is 38.1 Å². The molecule has 0 saturated heterocycles. The maximum atomic E-state index is 10.4. The van der Waals surface area contributed by atoms with Crippen molar-refractivity contribution in [2.45, 2.75) is 39.9 Å². The van der Waals surface area contributed by atoms with E-state index < -0.39 is 12.2 Å². The van der Waals surface area contributed by atoms with E-state index in [1.54, 1.807) is 13.8 Å². The van der Waals surface area contributed by atoms with Crippen LogP contribution in [-0.2, 0) is 0 Å². The molecule has 0 aliphatic rings. The number of hydrogen-bond acceptors (Lipinski definition) is 4. The van der Waals surface area contributed by atoms with Crippen LogP contribution in [0.25, 0.3) is 89.0 Å². The number of rotatable bonds is 14. The number of aliphatic hydroxyl groups excluding tert-OH is 2. The van der Waals surface area contributed by atoms with Gasteiger partial charge < -0.3 is 19.7 Å². The van der Waals surface area contributed by atoms with Gasteiger partial charge in [0, 0.05) is 0 Å². The minimum Gasteiger partial charge on any atom is -0.494 e. The summed E-state index contributed by atoms with van der Waals surface area (Å²) in [4.78, 5) is 0. The van der Waals surface area contributed by atoms with Crippen molar-refractivity contribution in [3.63, 3.8) is 0 Å². The fourth-order valence-electron chi connectivity index (χ4n) is 9.05. The highest BCUT2D eigenvalue weighted by molar-refractivity contribution is 6.04. The summed E-state index contributed by atoms with van der Waals surface area (Å²) in [6.45, 7) is 8.81. The third-order valence-corrected chi connectivity index (χ3v) is 12.4. The normalized spacial score (nSPS) is 12.1. The first-order chi connectivity index (χ1) is 32.3. The van der Waals surface area contributed by atoms with E-state index in [9.17, 15) is 10.2 Å². The van der Waals surface area contributed by atoms with Crippen LogP contribution < -0.4 is 9.47 Å². The molecule has 66 heavy (non-hydrogen) atoms. The van der Waals surface area contributed by atoms with Crippen molar-refractivity contribution < 1.29 is 19.7 Å². The van der Waals surface area contributed by atoms with E-state index >= 15 is 0 Å². The van der Waals surface area contributed by atoms with Crippen molar-refractivity contribution in [3.8, 4) is 101 Å². The fourth-order valence-corrected chi connectivity index (χ4v) is 9.05. The Labute approximate surface area is 389 Å². The molecule has 4 nitrogen and oxygen atoms in total. The molecule has 0 aliphatic carbocycles. The zero-order chi connectivity index (χ0) is 45.6. The van der Waals surface area contributed by atoms with Gasteiger partial charge in [-0.15, -0.1) is 0 Å². The molecular weight excluding hydrogens is 809 g/mol. The van der Waals surface area contributed by atoms with Crippen LogP contribution in [0.4, 0.5) is 0 Å². The minimum absolute atomic E-state index is 0.567. The standard InChI is InChI=1S/C62H54O4/c1-5-65-49-35-31-47(32-36-49)53-17-9-13-21-57(53)61-39-59(55-19-11-7-15-51(55)45-27-23-43(24-28-45)41(3)63)60(56-20-12-8-16-52(56)46-29-25-44(26-30-46)42(4)64)40-62(61)58-22-14-10-18-54(58)48-33-37-50(38-34-48)66-6-2/h7-42,63-64H,5-6H2,1-4H3. The van der Waals surface area contributed by atoms with E-state index in [0.29, 0.717) is 13.2 Å². The second-order valence-corrected chi connectivity index (χ2v) is 16.6. The van der Waals surface area contributed by atoms with E-state index in [4.69, 9.17) is 9.47 Å². The maximum Gasteiger partial charge on any atom is 0.119 e. The molecule has 326 valence electrons. The molecule has 0 aliphatic heterocycles. The lowest BCUT2D eigenvalue weighted by Gasteiger charge is -2.24. The molecule has 4 heteroatoms. The van der Waals surface area contributed by atoms with Gasteiger partial charge in [-0.25, -0.2) is 0 Å². The molecule has 9 aromatic rings. The van der Waals surface area contributed by atoms with E-state index in [-0.39, 0.29) is 0 Å². The second-order valence-electron chi connectivity index (χ2n) is 16.6. The van der Waals surface area contributed by atoms with E-state index in [1.165, 1.54) is 0 Å². The van der Waals surface area contributed by atoms with E-state index in [0.717, 1.165) is 112 Å². The maximum absolute atomic E-state index is 10.4. The predicted octanol–water partition coefficient (Wildman–Crippen LogP) is 15.9. The Hall–Kier alpha value is -7.50. The van der Waals surface area contributed by atoms with Gasteiger partial charge in [-0.05, 0) is 164 Å². The molecule has 0 heterocycles. The van der Waals surface area contributed by atoms with Gasteiger partial charge in [-0.1, -0.05) is 170 Å². The largest absolute Gasteiger partial charge is 0.494 e. The molecule has 2 unspecified atom stereocenters. The summed E-state index contributed by atoms with van der Waals surface area (Å²) in [6, 6.07) is 72.8. The highest BCUT2D eigenvalue weighted by Crippen LogP contribution is 2.50. The lowest BCUT2D eigenvalue weighted by Crippen LogP contribution is -1.98. The summed E-state index contributed by atoms with van der Waals surface area (Å²) in [7, 11) is 0. The van der Waals surface area contributed by atoms with Crippen molar-refractivity contribution in [3.05, 3.63) is 217 Å². The summed E-state index contributed by atoms with van der Waals surface area (Å²) < 4.78 is 11.8. The molecule has 9 aromatic carbocycles. The van der Waals surface area contributed by atoms with Gasteiger partial charge in [-0.2, -0.15) is 0 Å². The van der Waals surface area contributed by atoms with Crippen LogP contribution >= 0.6 is 0 Å². The molecule has 2 atom stereocenters. The highest BCUT2D eigenvalue weighted by atomic mass is 16.5. The SMILES string of the molecule is CCOc1ccc(-c2ccccc2-c2cc(-c3ccccc3-c3ccc(C(C)O)cc3)c(-c3ccccc3-c3ccc(C(C)O)cc3)cc2-c2ccccc2-c2ccc(OCC)cc2)cc1. The van der Waals surface area contributed by atoms with Crippen LogP contribution in [0, 0.1) is 0 Å². The Kier molecular flexibility index (Phi) is 13.1. The number of benzene rings is 9. The number of ether oxygens (including phenoxy) is 2. The Balaban J connectivity index is 1.38. The highest BCUT2D eigenvalue weighted by Gasteiger charge is 2.23. The van der Waals surface area contributed by atoms with Crippen molar-refractivity contribution in [1.29, 1.82) is 0 Å². The van der Waals surface area contributed by atoms with Crippen molar-refractivity contribution in [2.75, 3.05) is 13.2 Å². The lowest BCUT2D eigenvalue weighted by atomic mass is 9.80. The van der Waals surface area contributed by atoms with Gasteiger partial charge in [0.1, 0.15) is 11.5 Å². The molecule has 0 amide bonds. The van der Waals surface area contributed by atoms with Crippen LogP contribution in [0.2, 0.25) is 0 Å². The number of aliphatic hydroxyl groups is 2. The Morgan fingerprint density at radius 2 is 0.530 bits per heavy atom. The first-order valence-corrected chi connectivity index (χ1v) is 22.9. The molecule has 0 aromatic heterocycles. The Morgan fingerprint density at radius 1 is 0.303 bits per heavy atom. The van der Waals surface area contributed by atoms with Crippen LogP contribution in [0.5, 0.6) is 11.5 Å². The molecule has 0 saturated carbocycles. The van der Waals surface area contributed by atoms with Crippen molar-refractivity contribution in [1.82, 2.24) is 0 Å². The molecule has 2 N–H and O–H groups in total. The van der Waals surface area contributed by atoms with Crippen molar-refractivity contribution in [2.24, 2.45) is 0 Å². The topological polar surface area (TPSA) is 58.9 Å². The lowest BCUT2D eigenvalue weighted by molar-refractivity contribution is 0.199. The quantitative estimate of drug-likeness (QED) is 0.114. The first-order valence-electron chi connectivity index (χ1n) is 22.9. The number of hydrogen-bond donors (Lipinski definition) is 2. The zero-order valence-corrected chi connectivity index (χ0v) is 37.9. The second kappa shape index (κ2) is 19.7. The molecule has 0 bridgehead atoms. The molecule has 0 radical (unpaired) electrons. The monoisotopic (exact) mass is 862 g/mol. The third kappa shape index (κ3) is 9.07. The van der Waals surface area contributed by atoms with Gasteiger partial charge in [0.05, 0.1) is 25.4 Å². The average molecular weight is 863 g/mol. The summed E-state index contributed by atoms with van der Waals surface area (Å²) in [5.41, 5.74) is 19.2. The summed E-state index contributed by atoms with van der Waals surface area (Å²) in [6.07, 6.45) is -1.13. The van der Waals surface area contributed by atoms with Gasteiger partial charge in [0.25, 0.3) is 0 Å². The zero-order valence-electron chi connectivity index (χ0n) is 37.9. The summed E-state index contributed by atoms with van der Waals surface area (Å²) >= 11 is 0.